The summed E-state index contributed by atoms with van der Waals surface area (Å²) in [5, 5.41) is 3.09. The number of benzene rings is 1. The van der Waals surface area contributed by atoms with E-state index >= 15 is 0 Å². The molecule has 1 aliphatic heterocycles. The Morgan fingerprint density at radius 1 is 1.19 bits per heavy atom. The number of nitrogens with zero attached hydrogens (tertiary/aromatic N) is 2. The maximum atomic E-state index is 12.8. The lowest BCUT2D eigenvalue weighted by Crippen LogP contribution is -2.53. The van der Waals surface area contributed by atoms with Crippen LogP contribution in [-0.4, -0.2) is 61.5 Å². The van der Waals surface area contributed by atoms with E-state index in [1.165, 1.54) is 11.3 Å². The zero-order valence-corrected chi connectivity index (χ0v) is 19.8. The van der Waals surface area contributed by atoms with Gasteiger partial charge in [-0.15, -0.1) is 11.3 Å². The molecule has 0 aliphatic carbocycles. The van der Waals surface area contributed by atoms with Crippen molar-refractivity contribution >= 4 is 39.8 Å². The van der Waals surface area contributed by atoms with Crippen LogP contribution in [0.2, 0.25) is 0 Å². The van der Waals surface area contributed by atoms with Gasteiger partial charge in [0.05, 0.1) is 23.6 Å². The van der Waals surface area contributed by atoms with E-state index in [9.17, 15) is 14.4 Å². The molecular weight excluding hydrogens is 428 g/mol. The molecule has 3 N–H and O–H groups in total. The molecule has 9 heteroatoms. The number of thiophene rings is 1. The molecule has 2 aromatic rings. The normalized spacial score (nSPS) is 16.6. The molecule has 3 rings (SSSR count). The number of primary amides is 1. The highest BCUT2D eigenvalue weighted by Gasteiger charge is 2.28. The van der Waals surface area contributed by atoms with E-state index in [2.05, 4.69) is 53.2 Å². The predicted molar refractivity (Wildman–Crippen MR) is 127 cm³/mol. The van der Waals surface area contributed by atoms with Crippen LogP contribution < -0.4 is 16.0 Å². The highest BCUT2D eigenvalue weighted by atomic mass is 32.1. The van der Waals surface area contributed by atoms with Gasteiger partial charge in [-0.2, -0.15) is 0 Å². The molecule has 2 heterocycles. The highest BCUT2D eigenvalue weighted by Crippen LogP contribution is 2.33. The zero-order chi connectivity index (χ0) is 23.4. The summed E-state index contributed by atoms with van der Waals surface area (Å²) in [6.07, 6.45) is 0. The topological polar surface area (TPSA) is 105 Å². The van der Waals surface area contributed by atoms with Crippen molar-refractivity contribution in [3.05, 3.63) is 45.8 Å². The molecule has 1 aromatic carbocycles. The molecule has 8 nitrogen and oxygen atoms in total. The van der Waals surface area contributed by atoms with Crippen LogP contribution in [0.4, 0.5) is 10.7 Å². The molecule has 0 spiro atoms. The summed E-state index contributed by atoms with van der Waals surface area (Å²) in [5.41, 5.74) is 8.45. The number of aryl methyl sites for hydroxylation is 1. The van der Waals surface area contributed by atoms with Crippen molar-refractivity contribution in [1.29, 1.82) is 0 Å². The fraction of sp³-hybridized carbons (Fsp3) is 0.435. The number of nitrogens with two attached hydrogens (primary N) is 1. The SMILES string of the molecule is CCOC(=O)c1c(NC(=O)CN2CCN(c3ccc(C)cc3)C(C)C2)sc(C(N)=O)c1C. The first-order valence-corrected chi connectivity index (χ1v) is 11.5. The van der Waals surface area contributed by atoms with Gasteiger partial charge in [-0.1, -0.05) is 17.7 Å². The number of nitrogens with one attached hydrogen (secondary N) is 1. The number of anilines is 2. The number of carbonyl (C=O) groups excluding carboxylic acids is 3. The first-order chi connectivity index (χ1) is 15.2. The lowest BCUT2D eigenvalue weighted by molar-refractivity contribution is -0.117. The first kappa shape index (κ1) is 23.7. The summed E-state index contributed by atoms with van der Waals surface area (Å²) in [5.74, 6) is -1.47. The van der Waals surface area contributed by atoms with E-state index in [0.717, 1.165) is 31.0 Å². The molecule has 0 radical (unpaired) electrons. The van der Waals surface area contributed by atoms with E-state index in [4.69, 9.17) is 10.5 Å². The van der Waals surface area contributed by atoms with Crippen LogP contribution in [0.1, 0.15) is 45.0 Å². The second-order valence-corrected chi connectivity index (χ2v) is 9.03. The van der Waals surface area contributed by atoms with Crippen molar-refractivity contribution in [1.82, 2.24) is 4.90 Å². The minimum atomic E-state index is -0.639. The molecule has 32 heavy (non-hydrogen) atoms. The van der Waals surface area contributed by atoms with Crippen molar-refractivity contribution in [2.24, 2.45) is 5.73 Å². The summed E-state index contributed by atoms with van der Waals surface area (Å²) in [7, 11) is 0. The number of hydrogen-bond acceptors (Lipinski definition) is 7. The van der Waals surface area contributed by atoms with Crippen molar-refractivity contribution < 1.29 is 19.1 Å². The van der Waals surface area contributed by atoms with Gasteiger partial charge in [0.25, 0.3) is 5.91 Å². The third kappa shape index (κ3) is 5.28. The van der Waals surface area contributed by atoms with Crippen LogP contribution in [0, 0.1) is 13.8 Å². The Bertz CT molecular complexity index is 1000. The summed E-state index contributed by atoms with van der Waals surface area (Å²) in [6, 6.07) is 8.71. The van der Waals surface area contributed by atoms with E-state index < -0.39 is 11.9 Å². The van der Waals surface area contributed by atoms with Gasteiger partial charge < -0.3 is 20.7 Å². The molecule has 2 amide bonds. The fourth-order valence-electron chi connectivity index (χ4n) is 3.95. The minimum absolute atomic E-state index is 0.191. The molecule has 1 saturated heterocycles. The van der Waals surface area contributed by atoms with Crippen molar-refractivity contribution in [2.45, 2.75) is 33.7 Å². The number of piperazine rings is 1. The van der Waals surface area contributed by atoms with Gasteiger partial charge in [0.15, 0.2) is 0 Å². The van der Waals surface area contributed by atoms with E-state index in [1.807, 2.05) is 0 Å². The summed E-state index contributed by atoms with van der Waals surface area (Å²) >= 11 is 1.00. The largest absolute Gasteiger partial charge is 0.462 e. The average Bonchev–Trinajstić information content (AvgIpc) is 3.05. The molecular formula is C23H30N4O4S. The molecule has 0 bridgehead atoms. The Labute approximate surface area is 192 Å². The Kier molecular flexibility index (Phi) is 7.52. The quantitative estimate of drug-likeness (QED) is 0.618. The van der Waals surface area contributed by atoms with Crippen LogP contribution in [0.3, 0.4) is 0 Å². The lowest BCUT2D eigenvalue weighted by atomic mass is 10.1. The predicted octanol–water partition coefficient (Wildman–Crippen LogP) is 2.79. The Morgan fingerprint density at radius 2 is 1.88 bits per heavy atom. The Hall–Kier alpha value is -2.91. The van der Waals surface area contributed by atoms with Gasteiger partial charge in [-0.25, -0.2) is 4.79 Å². The highest BCUT2D eigenvalue weighted by molar-refractivity contribution is 7.18. The molecule has 1 fully saturated rings. The van der Waals surface area contributed by atoms with Gasteiger partial charge in [0, 0.05) is 31.4 Å². The molecule has 0 saturated carbocycles. The number of ether oxygens (including phenoxy) is 1. The standard InChI is InChI=1S/C23H30N4O4S/c1-5-31-23(30)19-16(4)20(21(24)29)32-22(19)25-18(28)13-26-10-11-27(15(3)12-26)17-8-6-14(2)7-9-17/h6-9,15H,5,10-13H2,1-4H3,(H2,24,29)(H,25,28). The molecule has 172 valence electrons. The lowest BCUT2D eigenvalue weighted by Gasteiger charge is -2.41. The zero-order valence-electron chi connectivity index (χ0n) is 18.9. The van der Waals surface area contributed by atoms with Crippen LogP contribution in [-0.2, 0) is 9.53 Å². The van der Waals surface area contributed by atoms with Crippen molar-refractivity contribution in [3.8, 4) is 0 Å². The van der Waals surface area contributed by atoms with E-state index in [1.54, 1.807) is 13.8 Å². The number of rotatable bonds is 7. The van der Waals surface area contributed by atoms with E-state index in [-0.39, 0.29) is 35.5 Å². The third-order valence-corrected chi connectivity index (χ3v) is 6.77. The fourth-order valence-corrected chi connectivity index (χ4v) is 5.01. The molecule has 1 unspecified atom stereocenters. The third-order valence-electron chi connectivity index (χ3n) is 5.55. The maximum Gasteiger partial charge on any atom is 0.341 e. The van der Waals surface area contributed by atoms with Crippen molar-refractivity contribution in [2.75, 3.05) is 43.0 Å². The van der Waals surface area contributed by atoms with Crippen LogP contribution in [0.15, 0.2) is 24.3 Å². The summed E-state index contributed by atoms with van der Waals surface area (Å²) in [6.45, 7) is 10.2. The van der Waals surface area contributed by atoms with Crippen molar-refractivity contribution in [3.63, 3.8) is 0 Å². The van der Waals surface area contributed by atoms with Crippen LogP contribution in [0.25, 0.3) is 0 Å². The number of hydrogen-bond donors (Lipinski definition) is 2. The molecule has 1 aliphatic rings. The second kappa shape index (κ2) is 10.1. The number of esters is 1. The van der Waals surface area contributed by atoms with Gasteiger partial charge in [0.2, 0.25) is 5.91 Å². The van der Waals surface area contributed by atoms with Gasteiger partial charge in [0.1, 0.15) is 5.00 Å². The first-order valence-electron chi connectivity index (χ1n) is 10.7. The van der Waals surface area contributed by atoms with Gasteiger partial charge in [-0.05, 0) is 45.4 Å². The molecule has 1 atom stereocenters. The molecule has 1 aromatic heterocycles. The average molecular weight is 459 g/mol. The Morgan fingerprint density at radius 3 is 2.47 bits per heavy atom. The van der Waals surface area contributed by atoms with Gasteiger partial charge in [-0.3, -0.25) is 14.5 Å². The van der Waals surface area contributed by atoms with Crippen LogP contribution >= 0.6 is 11.3 Å². The van der Waals surface area contributed by atoms with Crippen LogP contribution in [0.5, 0.6) is 0 Å². The summed E-state index contributed by atoms with van der Waals surface area (Å²) in [4.78, 5) is 41.6. The second-order valence-electron chi connectivity index (χ2n) is 8.01. The van der Waals surface area contributed by atoms with E-state index in [0.29, 0.717) is 10.6 Å². The summed E-state index contributed by atoms with van der Waals surface area (Å²) < 4.78 is 5.10. The monoisotopic (exact) mass is 458 g/mol. The number of amides is 2. The van der Waals surface area contributed by atoms with Gasteiger partial charge >= 0.3 is 5.97 Å². The smallest absolute Gasteiger partial charge is 0.341 e. The maximum absolute atomic E-state index is 12.8. The number of carbonyl (C=O) groups is 3. The Balaban J connectivity index is 1.66. The minimum Gasteiger partial charge on any atom is -0.462 e.